The predicted octanol–water partition coefficient (Wildman–Crippen LogP) is 4.64. The lowest BCUT2D eigenvalue weighted by atomic mass is 9.68. The highest BCUT2D eigenvalue weighted by Crippen LogP contribution is 2.45. The number of rotatable bonds is 6. The van der Waals surface area contributed by atoms with E-state index in [1.165, 1.54) is 61.7 Å². The number of methoxy groups -OCH3 is 1. The number of hydrogen-bond donors (Lipinski definition) is 0. The zero-order valence-corrected chi connectivity index (χ0v) is 20.6. The average Bonchev–Trinajstić information content (AvgIpc) is 3.23. The molecular formula is C29H39N3O2. The Labute approximate surface area is 203 Å². The summed E-state index contributed by atoms with van der Waals surface area (Å²) < 4.78 is 7.58. The molecule has 1 aromatic heterocycles. The third kappa shape index (κ3) is 4.01. The van der Waals surface area contributed by atoms with Crippen LogP contribution in [0.4, 0.5) is 0 Å². The van der Waals surface area contributed by atoms with Crippen LogP contribution in [-0.4, -0.2) is 65.7 Å². The average molecular weight is 462 g/mol. The van der Waals surface area contributed by atoms with Crippen molar-refractivity contribution in [1.29, 1.82) is 0 Å². The number of nitrogens with zero attached hydrogens (tertiary/aromatic N) is 3. The number of fused-ring (bicyclic) bond motifs is 7. The van der Waals surface area contributed by atoms with Crippen LogP contribution in [0, 0.1) is 11.8 Å². The van der Waals surface area contributed by atoms with Gasteiger partial charge >= 0.3 is 0 Å². The third-order valence-electron chi connectivity index (χ3n) is 8.99. The first kappa shape index (κ1) is 22.4. The van der Waals surface area contributed by atoms with Crippen molar-refractivity contribution in [3.8, 4) is 0 Å². The molecule has 1 amide bonds. The van der Waals surface area contributed by atoms with E-state index >= 15 is 0 Å². The second-order valence-corrected chi connectivity index (χ2v) is 11.0. The van der Waals surface area contributed by atoms with Crippen LogP contribution in [0.2, 0.25) is 0 Å². The number of aryl methyl sites for hydroxylation is 1. The van der Waals surface area contributed by atoms with E-state index in [4.69, 9.17) is 4.74 Å². The van der Waals surface area contributed by atoms with E-state index in [9.17, 15) is 4.79 Å². The van der Waals surface area contributed by atoms with Crippen LogP contribution in [0.3, 0.4) is 0 Å². The summed E-state index contributed by atoms with van der Waals surface area (Å²) in [6, 6.07) is 9.68. The van der Waals surface area contributed by atoms with Crippen LogP contribution >= 0.6 is 0 Å². The third-order valence-corrected chi connectivity index (χ3v) is 8.99. The minimum absolute atomic E-state index is 0.350. The van der Waals surface area contributed by atoms with Gasteiger partial charge in [-0.05, 0) is 68.5 Å². The summed E-state index contributed by atoms with van der Waals surface area (Å²) in [5.74, 6) is 1.70. The number of likely N-dealkylation sites (tertiary alicyclic amines) is 1. The summed E-state index contributed by atoms with van der Waals surface area (Å²) in [6.45, 7) is 4.92. The zero-order valence-electron chi connectivity index (χ0n) is 20.6. The second kappa shape index (κ2) is 9.50. The number of para-hydroxylation sites is 1. The number of hydrogen-bond acceptors (Lipinski definition) is 3. The number of piperidine rings is 3. The van der Waals surface area contributed by atoms with Gasteiger partial charge in [0.05, 0.1) is 12.6 Å². The zero-order chi connectivity index (χ0) is 23.1. The lowest BCUT2D eigenvalue weighted by Crippen LogP contribution is -2.60. The summed E-state index contributed by atoms with van der Waals surface area (Å²) in [4.78, 5) is 18.7. The van der Waals surface area contributed by atoms with E-state index in [0.717, 1.165) is 37.9 Å². The van der Waals surface area contributed by atoms with Crippen molar-refractivity contribution in [3.63, 3.8) is 0 Å². The Morgan fingerprint density at radius 1 is 1.15 bits per heavy atom. The van der Waals surface area contributed by atoms with Gasteiger partial charge in [0, 0.05) is 56.3 Å². The largest absolute Gasteiger partial charge is 0.383 e. The first-order valence-corrected chi connectivity index (χ1v) is 13.5. The predicted molar refractivity (Wildman–Crippen MR) is 136 cm³/mol. The van der Waals surface area contributed by atoms with Gasteiger partial charge in [0.1, 0.15) is 0 Å². The normalized spacial score (nSPS) is 29.0. The Bertz CT molecular complexity index is 1070. The summed E-state index contributed by atoms with van der Waals surface area (Å²) in [7, 11) is 1.75. The monoisotopic (exact) mass is 461 g/mol. The Hall–Kier alpha value is -2.11. The number of amides is 1. The van der Waals surface area contributed by atoms with Gasteiger partial charge in [-0.2, -0.15) is 0 Å². The lowest BCUT2D eigenvalue weighted by Gasteiger charge is -2.54. The Morgan fingerprint density at radius 2 is 2.06 bits per heavy atom. The second-order valence-electron chi connectivity index (χ2n) is 11.0. The molecule has 182 valence electrons. The van der Waals surface area contributed by atoms with Crippen molar-refractivity contribution >= 4 is 16.8 Å². The van der Waals surface area contributed by atoms with Gasteiger partial charge in [-0.3, -0.25) is 9.69 Å². The molecule has 1 aromatic carbocycles. The topological polar surface area (TPSA) is 37.7 Å². The maximum atomic E-state index is 13.6. The van der Waals surface area contributed by atoms with E-state index in [1.807, 2.05) is 0 Å². The fourth-order valence-electron chi connectivity index (χ4n) is 7.54. The smallest absolute Gasteiger partial charge is 0.223 e. The van der Waals surface area contributed by atoms with Crippen LogP contribution < -0.4 is 0 Å². The SMILES string of the molecule is COCCn1cc(CCC(=O)N2CCCC3=C[C@H]4C[C@H](CN5CCCC[C@@H]45)[C@@H]32)c2ccccc21. The van der Waals surface area contributed by atoms with E-state index in [2.05, 4.69) is 50.9 Å². The minimum atomic E-state index is 0.350. The van der Waals surface area contributed by atoms with Gasteiger partial charge in [-0.15, -0.1) is 0 Å². The van der Waals surface area contributed by atoms with Gasteiger partial charge in [0.15, 0.2) is 0 Å². The Balaban J connectivity index is 1.19. The van der Waals surface area contributed by atoms with E-state index in [0.29, 0.717) is 30.9 Å². The summed E-state index contributed by atoms with van der Waals surface area (Å²) in [5.41, 5.74) is 4.11. The van der Waals surface area contributed by atoms with Crippen LogP contribution in [0.1, 0.15) is 50.5 Å². The number of carbonyl (C=O) groups excluding carboxylic acids is 1. The molecule has 6 rings (SSSR count). The van der Waals surface area contributed by atoms with Gasteiger partial charge in [0.25, 0.3) is 0 Å². The fourth-order valence-corrected chi connectivity index (χ4v) is 7.54. The van der Waals surface area contributed by atoms with Crippen LogP contribution in [-0.2, 0) is 22.5 Å². The molecule has 4 heterocycles. The molecule has 4 atom stereocenters. The summed E-state index contributed by atoms with van der Waals surface area (Å²) in [6.07, 6.45) is 14.0. The van der Waals surface area contributed by atoms with Gasteiger partial charge in [-0.1, -0.05) is 36.3 Å². The molecule has 0 saturated carbocycles. The van der Waals surface area contributed by atoms with Crippen molar-refractivity contribution in [2.75, 3.05) is 33.4 Å². The molecular weight excluding hydrogens is 422 g/mol. The maximum absolute atomic E-state index is 13.6. The van der Waals surface area contributed by atoms with Crippen molar-refractivity contribution in [3.05, 3.63) is 47.7 Å². The highest BCUT2D eigenvalue weighted by atomic mass is 16.5. The molecule has 0 radical (unpaired) electrons. The molecule has 3 aliphatic heterocycles. The molecule has 0 unspecified atom stereocenters. The Morgan fingerprint density at radius 3 is 2.97 bits per heavy atom. The molecule has 3 fully saturated rings. The molecule has 0 spiro atoms. The highest BCUT2D eigenvalue weighted by molar-refractivity contribution is 5.85. The molecule has 0 N–H and O–H groups in total. The minimum Gasteiger partial charge on any atom is -0.383 e. The molecule has 34 heavy (non-hydrogen) atoms. The van der Waals surface area contributed by atoms with Crippen LogP contribution in [0.25, 0.3) is 10.9 Å². The number of ether oxygens (including phenoxy) is 1. The number of carbonyl (C=O) groups is 1. The number of benzene rings is 1. The van der Waals surface area contributed by atoms with Crippen molar-refractivity contribution in [2.45, 2.75) is 70.0 Å². The first-order valence-electron chi connectivity index (χ1n) is 13.5. The van der Waals surface area contributed by atoms with Crippen molar-refractivity contribution in [1.82, 2.24) is 14.4 Å². The van der Waals surface area contributed by atoms with E-state index in [1.54, 1.807) is 12.7 Å². The summed E-state index contributed by atoms with van der Waals surface area (Å²) >= 11 is 0. The molecule has 2 aromatic rings. The summed E-state index contributed by atoms with van der Waals surface area (Å²) in [5, 5.41) is 1.27. The first-order chi connectivity index (χ1) is 16.7. The van der Waals surface area contributed by atoms with E-state index in [-0.39, 0.29) is 0 Å². The molecule has 5 nitrogen and oxygen atoms in total. The molecule has 1 aliphatic carbocycles. The molecule has 2 bridgehead atoms. The molecule has 3 saturated heterocycles. The lowest BCUT2D eigenvalue weighted by molar-refractivity contribution is -0.136. The van der Waals surface area contributed by atoms with Crippen LogP contribution in [0.15, 0.2) is 42.1 Å². The molecule has 5 heteroatoms. The maximum Gasteiger partial charge on any atom is 0.223 e. The molecule has 4 aliphatic rings. The highest BCUT2D eigenvalue weighted by Gasteiger charge is 2.46. The van der Waals surface area contributed by atoms with Crippen LogP contribution in [0.5, 0.6) is 0 Å². The van der Waals surface area contributed by atoms with Crippen molar-refractivity contribution < 1.29 is 9.53 Å². The van der Waals surface area contributed by atoms with Gasteiger partial charge < -0.3 is 14.2 Å². The standard InChI is InChI=1S/C29H39N3O2/c1-34-16-15-31-19-22(25-8-2-3-10-27(25)31)11-12-28(33)32-14-6-7-21-17-23-18-24(29(21)32)20-30-13-5-4-9-26(23)30/h2-3,8,10,17,19,23-24,26,29H,4-7,9,11-16,18,20H2,1H3/t23-,24+,26-,29+/m0/s1. The van der Waals surface area contributed by atoms with Crippen molar-refractivity contribution in [2.24, 2.45) is 11.8 Å². The fraction of sp³-hybridized carbons (Fsp3) is 0.621. The van der Waals surface area contributed by atoms with Gasteiger partial charge in [-0.25, -0.2) is 0 Å². The number of aromatic nitrogens is 1. The Kier molecular flexibility index (Phi) is 6.25. The quantitative estimate of drug-likeness (QED) is 0.588. The van der Waals surface area contributed by atoms with E-state index < -0.39 is 0 Å². The van der Waals surface area contributed by atoms with Gasteiger partial charge in [0.2, 0.25) is 5.91 Å².